The highest BCUT2D eigenvalue weighted by Crippen LogP contribution is 2.10. The molecule has 0 saturated carbocycles. The molecule has 0 spiro atoms. The van der Waals surface area contributed by atoms with Crippen molar-refractivity contribution < 1.29 is 9.53 Å². The number of rotatable bonds is 5. The van der Waals surface area contributed by atoms with Gasteiger partial charge in [0.05, 0.1) is 18.3 Å². The SMILES string of the molecule is CN1CCOC(CCNC(=O)c2cnc(-c3ccccn3)nc2)C1. The van der Waals surface area contributed by atoms with Crippen LogP contribution in [0.3, 0.4) is 0 Å². The smallest absolute Gasteiger partial charge is 0.254 e. The lowest BCUT2D eigenvalue weighted by molar-refractivity contribution is -0.0226. The summed E-state index contributed by atoms with van der Waals surface area (Å²) in [4.78, 5) is 27.0. The minimum absolute atomic E-state index is 0.173. The zero-order valence-corrected chi connectivity index (χ0v) is 13.7. The van der Waals surface area contributed by atoms with Crippen LogP contribution >= 0.6 is 0 Å². The molecular formula is C17H21N5O2. The predicted molar refractivity (Wildman–Crippen MR) is 89.5 cm³/mol. The van der Waals surface area contributed by atoms with Crippen molar-refractivity contribution in [1.82, 2.24) is 25.2 Å². The second-order valence-electron chi connectivity index (χ2n) is 5.81. The summed E-state index contributed by atoms with van der Waals surface area (Å²) >= 11 is 0. The molecule has 2 aromatic heterocycles. The molecule has 0 radical (unpaired) electrons. The van der Waals surface area contributed by atoms with E-state index in [0.29, 0.717) is 23.6 Å². The highest BCUT2D eigenvalue weighted by Gasteiger charge is 2.17. The van der Waals surface area contributed by atoms with Gasteiger partial charge >= 0.3 is 0 Å². The summed E-state index contributed by atoms with van der Waals surface area (Å²) in [6, 6.07) is 5.53. The summed E-state index contributed by atoms with van der Waals surface area (Å²) in [6.45, 7) is 3.18. The molecule has 3 rings (SSSR count). The molecule has 24 heavy (non-hydrogen) atoms. The number of likely N-dealkylation sites (N-methyl/N-ethyl adjacent to an activating group) is 1. The molecule has 3 heterocycles. The van der Waals surface area contributed by atoms with Crippen LogP contribution in [0.1, 0.15) is 16.8 Å². The van der Waals surface area contributed by atoms with E-state index in [1.807, 2.05) is 18.2 Å². The Labute approximate surface area is 141 Å². The number of aromatic nitrogens is 3. The molecule has 126 valence electrons. The Kier molecular flexibility index (Phi) is 5.45. The number of nitrogens with zero attached hydrogens (tertiary/aromatic N) is 4. The normalized spacial score (nSPS) is 18.3. The standard InChI is InChI=1S/C17H21N5O2/c1-22-8-9-24-14(12-22)5-7-19-17(23)13-10-20-16(21-11-13)15-4-2-3-6-18-15/h2-4,6,10-11,14H,5,7-9,12H2,1H3,(H,19,23). The molecule has 1 amide bonds. The molecule has 0 aromatic carbocycles. The van der Waals surface area contributed by atoms with E-state index in [0.717, 1.165) is 26.1 Å². The molecule has 1 aliphatic rings. The van der Waals surface area contributed by atoms with Crippen LogP contribution in [0.5, 0.6) is 0 Å². The van der Waals surface area contributed by atoms with Crippen LogP contribution in [0.15, 0.2) is 36.8 Å². The lowest BCUT2D eigenvalue weighted by atomic mass is 10.2. The third-order valence-corrected chi connectivity index (χ3v) is 3.90. The third-order valence-electron chi connectivity index (χ3n) is 3.90. The molecule has 1 unspecified atom stereocenters. The fourth-order valence-electron chi connectivity index (χ4n) is 2.56. The van der Waals surface area contributed by atoms with E-state index in [9.17, 15) is 4.79 Å². The maximum absolute atomic E-state index is 12.1. The minimum Gasteiger partial charge on any atom is -0.375 e. The van der Waals surface area contributed by atoms with Crippen molar-refractivity contribution in [3.63, 3.8) is 0 Å². The van der Waals surface area contributed by atoms with Crippen molar-refractivity contribution in [3.05, 3.63) is 42.4 Å². The van der Waals surface area contributed by atoms with Crippen LogP contribution in [0.4, 0.5) is 0 Å². The first kappa shape index (κ1) is 16.5. The van der Waals surface area contributed by atoms with Gasteiger partial charge in [-0.25, -0.2) is 9.97 Å². The average Bonchev–Trinajstić information content (AvgIpc) is 2.63. The van der Waals surface area contributed by atoms with Gasteiger partial charge in [0.15, 0.2) is 5.82 Å². The maximum Gasteiger partial charge on any atom is 0.254 e. The molecule has 1 aliphatic heterocycles. The number of morpholine rings is 1. The predicted octanol–water partition coefficient (Wildman–Crippen LogP) is 0.989. The highest BCUT2D eigenvalue weighted by atomic mass is 16.5. The number of pyridine rings is 1. The van der Waals surface area contributed by atoms with Crippen molar-refractivity contribution in [3.8, 4) is 11.5 Å². The number of hydrogen-bond donors (Lipinski definition) is 1. The Morgan fingerprint density at radius 1 is 1.33 bits per heavy atom. The molecular weight excluding hydrogens is 306 g/mol. The van der Waals surface area contributed by atoms with E-state index in [-0.39, 0.29) is 12.0 Å². The van der Waals surface area contributed by atoms with Crippen LogP contribution in [0.25, 0.3) is 11.5 Å². The summed E-state index contributed by atoms with van der Waals surface area (Å²) in [7, 11) is 2.08. The first-order chi connectivity index (χ1) is 11.7. The first-order valence-corrected chi connectivity index (χ1v) is 8.04. The van der Waals surface area contributed by atoms with Crippen LogP contribution in [0.2, 0.25) is 0 Å². The Morgan fingerprint density at radius 3 is 2.88 bits per heavy atom. The Morgan fingerprint density at radius 2 is 2.17 bits per heavy atom. The second kappa shape index (κ2) is 7.94. The molecule has 7 nitrogen and oxygen atoms in total. The monoisotopic (exact) mass is 327 g/mol. The van der Waals surface area contributed by atoms with Crippen molar-refractivity contribution in [2.24, 2.45) is 0 Å². The van der Waals surface area contributed by atoms with Crippen molar-refractivity contribution in [2.45, 2.75) is 12.5 Å². The Hall–Kier alpha value is -2.38. The fraction of sp³-hybridized carbons (Fsp3) is 0.412. The van der Waals surface area contributed by atoms with Crippen LogP contribution in [-0.4, -0.2) is 65.2 Å². The lowest BCUT2D eigenvalue weighted by Gasteiger charge is -2.30. The number of ether oxygens (including phenoxy) is 1. The van der Waals surface area contributed by atoms with E-state index in [2.05, 4.69) is 32.2 Å². The Bertz CT molecular complexity index is 662. The van der Waals surface area contributed by atoms with Crippen LogP contribution in [0, 0.1) is 0 Å². The van der Waals surface area contributed by atoms with E-state index < -0.39 is 0 Å². The largest absolute Gasteiger partial charge is 0.375 e. The first-order valence-electron chi connectivity index (χ1n) is 8.04. The van der Waals surface area contributed by atoms with Gasteiger partial charge in [-0.1, -0.05) is 6.07 Å². The number of nitrogens with one attached hydrogen (secondary N) is 1. The number of carbonyl (C=O) groups excluding carboxylic acids is 1. The maximum atomic E-state index is 12.1. The summed E-state index contributed by atoms with van der Waals surface area (Å²) in [5.41, 5.74) is 1.12. The fourth-order valence-corrected chi connectivity index (χ4v) is 2.56. The van der Waals surface area contributed by atoms with Crippen LogP contribution in [-0.2, 0) is 4.74 Å². The molecule has 2 aromatic rings. The third kappa shape index (κ3) is 4.33. The molecule has 1 N–H and O–H groups in total. The molecule has 1 fully saturated rings. The number of amides is 1. The summed E-state index contributed by atoms with van der Waals surface area (Å²) in [6.07, 6.45) is 5.70. The number of hydrogen-bond acceptors (Lipinski definition) is 6. The molecule has 0 bridgehead atoms. The zero-order chi connectivity index (χ0) is 16.8. The molecule has 1 atom stereocenters. The highest BCUT2D eigenvalue weighted by molar-refractivity contribution is 5.93. The second-order valence-corrected chi connectivity index (χ2v) is 5.81. The van der Waals surface area contributed by atoms with Crippen LogP contribution < -0.4 is 5.32 Å². The summed E-state index contributed by atoms with van der Waals surface area (Å²) < 4.78 is 5.68. The summed E-state index contributed by atoms with van der Waals surface area (Å²) in [5, 5.41) is 2.89. The topological polar surface area (TPSA) is 80.2 Å². The van der Waals surface area contributed by atoms with E-state index in [1.54, 1.807) is 6.20 Å². The average molecular weight is 327 g/mol. The van der Waals surface area contributed by atoms with Crippen molar-refractivity contribution in [2.75, 3.05) is 33.3 Å². The van der Waals surface area contributed by atoms with Gasteiger partial charge in [0.25, 0.3) is 5.91 Å². The lowest BCUT2D eigenvalue weighted by Crippen LogP contribution is -2.41. The molecule has 1 saturated heterocycles. The van der Waals surface area contributed by atoms with Crippen molar-refractivity contribution >= 4 is 5.91 Å². The van der Waals surface area contributed by atoms with Gasteiger partial charge in [-0.2, -0.15) is 0 Å². The Balaban J connectivity index is 1.50. The summed E-state index contributed by atoms with van der Waals surface area (Å²) in [5.74, 6) is 0.331. The van der Waals surface area contributed by atoms with E-state index >= 15 is 0 Å². The van der Waals surface area contributed by atoms with Gasteiger partial charge in [0, 0.05) is 38.2 Å². The molecule has 0 aliphatic carbocycles. The van der Waals surface area contributed by atoms with Crippen molar-refractivity contribution in [1.29, 1.82) is 0 Å². The van der Waals surface area contributed by atoms with Gasteiger partial charge in [0.2, 0.25) is 0 Å². The van der Waals surface area contributed by atoms with E-state index in [4.69, 9.17) is 4.74 Å². The van der Waals surface area contributed by atoms with Gasteiger partial charge < -0.3 is 15.0 Å². The molecule has 7 heteroatoms. The van der Waals surface area contributed by atoms with Gasteiger partial charge in [-0.05, 0) is 25.6 Å². The zero-order valence-electron chi connectivity index (χ0n) is 13.7. The van der Waals surface area contributed by atoms with Gasteiger partial charge in [-0.3, -0.25) is 9.78 Å². The van der Waals surface area contributed by atoms with Gasteiger partial charge in [0.1, 0.15) is 5.69 Å². The van der Waals surface area contributed by atoms with Gasteiger partial charge in [-0.15, -0.1) is 0 Å². The van der Waals surface area contributed by atoms with E-state index in [1.165, 1.54) is 12.4 Å². The minimum atomic E-state index is -0.174. The number of carbonyl (C=O) groups is 1. The quantitative estimate of drug-likeness (QED) is 0.882.